The molecule has 1 heterocycles. The van der Waals surface area contributed by atoms with Crippen LogP contribution in [0.25, 0.3) is 0 Å². The highest BCUT2D eigenvalue weighted by atomic mass is 35.5. The Morgan fingerprint density at radius 2 is 2.06 bits per heavy atom. The first-order valence-electron chi connectivity index (χ1n) is 4.60. The second kappa shape index (κ2) is 6.11. The van der Waals surface area contributed by atoms with E-state index in [1.54, 1.807) is 6.92 Å². The molecule has 1 aromatic heterocycles. The highest BCUT2D eigenvalue weighted by Gasteiger charge is 2.19. The zero-order valence-corrected chi connectivity index (χ0v) is 10.7. The molecule has 8 heteroatoms. The van der Waals surface area contributed by atoms with Gasteiger partial charge in [-0.25, -0.2) is 9.97 Å². The first-order valence-corrected chi connectivity index (χ1v) is 5.36. The topological polar surface area (TPSA) is 87.3 Å². The van der Waals surface area contributed by atoms with Gasteiger partial charge in [-0.3, -0.25) is 4.79 Å². The number of carbonyl (C=O) groups is 1. The number of halogens is 2. The van der Waals surface area contributed by atoms with Gasteiger partial charge in [0.05, 0.1) is 0 Å². The van der Waals surface area contributed by atoms with Crippen LogP contribution in [0.15, 0.2) is 0 Å². The Labute approximate surface area is 108 Å². The van der Waals surface area contributed by atoms with E-state index in [-0.39, 0.29) is 28.5 Å². The average molecular weight is 280 g/mol. The monoisotopic (exact) mass is 279 g/mol. The van der Waals surface area contributed by atoms with Crippen LogP contribution in [0.2, 0.25) is 10.3 Å². The number of methoxy groups -OCH3 is 1. The number of hydrogen-bond acceptors (Lipinski definition) is 5. The van der Waals surface area contributed by atoms with Crippen molar-refractivity contribution < 1.29 is 14.3 Å². The molecule has 6 nitrogen and oxygen atoms in total. The quantitative estimate of drug-likeness (QED) is 0.827. The molecule has 1 unspecified atom stereocenters. The number of aromatic nitrogens is 2. The number of amides is 1. The van der Waals surface area contributed by atoms with Crippen molar-refractivity contribution in [2.75, 3.05) is 13.9 Å². The van der Waals surface area contributed by atoms with Crippen LogP contribution in [0.4, 0.5) is 0 Å². The molecule has 0 radical (unpaired) electrons. The van der Waals surface area contributed by atoms with E-state index in [0.29, 0.717) is 0 Å². The fraction of sp³-hybridized carbons (Fsp3) is 0.444. The van der Waals surface area contributed by atoms with Gasteiger partial charge < -0.3 is 15.2 Å². The van der Waals surface area contributed by atoms with Crippen molar-refractivity contribution in [2.45, 2.75) is 13.0 Å². The van der Waals surface area contributed by atoms with Crippen LogP contribution in [0, 0.1) is 0 Å². The molecule has 94 valence electrons. The minimum atomic E-state index is -0.778. The van der Waals surface area contributed by atoms with Crippen molar-refractivity contribution in [1.82, 2.24) is 9.97 Å². The van der Waals surface area contributed by atoms with E-state index in [4.69, 9.17) is 38.4 Å². The summed E-state index contributed by atoms with van der Waals surface area (Å²) < 4.78 is 9.97. The Hall–Kier alpha value is -0.950. The molecule has 0 aliphatic rings. The molecule has 17 heavy (non-hydrogen) atoms. The summed E-state index contributed by atoms with van der Waals surface area (Å²) >= 11 is 11.5. The third-order valence-corrected chi connectivity index (χ3v) is 2.43. The second-order valence-corrected chi connectivity index (χ2v) is 3.83. The molecular formula is C9H11Cl2N3O3. The van der Waals surface area contributed by atoms with E-state index in [1.807, 2.05) is 0 Å². The Morgan fingerprint density at radius 3 is 2.59 bits per heavy atom. The average Bonchev–Trinajstić information content (AvgIpc) is 2.25. The Morgan fingerprint density at radius 1 is 1.41 bits per heavy atom. The third-order valence-electron chi connectivity index (χ3n) is 1.89. The van der Waals surface area contributed by atoms with Crippen LogP contribution in [0.1, 0.15) is 29.2 Å². The van der Waals surface area contributed by atoms with Crippen molar-refractivity contribution in [3.05, 3.63) is 21.7 Å². The fourth-order valence-corrected chi connectivity index (χ4v) is 1.62. The standard InChI is InChI=1S/C9H11Cl2N3O3/c1-4(17-3-16-2)5-7(10)14-8(11)6(13-5)9(12)15/h4H,3H2,1-2H3,(H2,12,15). The van der Waals surface area contributed by atoms with Gasteiger partial charge in [-0.15, -0.1) is 0 Å². The molecule has 0 aromatic carbocycles. The fourth-order valence-electron chi connectivity index (χ4n) is 1.07. The molecule has 1 aromatic rings. The molecule has 1 atom stereocenters. The van der Waals surface area contributed by atoms with Crippen LogP contribution >= 0.6 is 23.2 Å². The highest BCUT2D eigenvalue weighted by molar-refractivity contribution is 6.34. The van der Waals surface area contributed by atoms with Crippen LogP contribution in [0.3, 0.4) is 0 Å². The van der Waals surface area contributed by atoms with Gasteiger partial charge in [-0.1, -0.05) is 23.2 Å². The lowest BCUT2D eigenvalue weighted by Crippen LogP contribution is -2.17. The Kier molecular flexibility index (Phi) is 5.07. The lowest BCUT2D eigenvalue weighted by molar-refractivity contribution is -0.0680. The van der Waals surface area contributed by atoms with Gasteiger partial charge in [0.1, 0.15) is 18.6 Å². The second-order valence-electron chi connectivity index (χ2n) is 3.12. The maximum atomic E-state index is 11.0. The van der Waals surface area contributed by atoms with Crippen molar-refractivity contribution in [1.29, 1.82) is 0 Å². The first-order chi connectivity index (χ1) is 7.97. The molecule has 0 fully saturated rings. The lowest BCUT2D eigenvalue weighted by Gasteiger charge is -2.13. The molecule has 0 saturated heterocycles. The number of hydrogen-bond donors (Lipinski definition) is 1. The minimum Gasteiger partial charge on any atom is -0.364 e. The number of carbonyl (C=O) groups excluding carboxylic acids is 1. The summed E-state index contributed by atoms with van der Waals surface area (Å²) in [6, 6.07) is 0. The van der Waals surface area contributed by atoms with Gasteiger partial charge in [0, 0.05) is 7.11 Å². The number of primary amides is 1. The third kappa shape index (κ3) is 3.50. The zero-order valence-electron chi connectivity index (χ0n) is 9.24. The summed E-state index contributed by atoms with van der Waals surface area (Å²) in [6.07, 6.45) is -0.495. The smallest absolute Gasteiger partial charge is 0.270 e. The summed E-state index contributed by atoms with van der Waals surface area (Å²) in [4.78, 5) is 18.8. The van der Waals surface area contributed by atoms with E-state index in [9.17, 15) is 4.79 Å². The minimum absolute atomic E-state index is 0.0589. The Bertz CT molecular complexity index is 428. The molecule has 0 aliphatic carbocycles. The number of nitrogens with zero attached hydrogens (tertiary/aromatic N) is 2. The molecular weight excluding hydrogens is 269 g/mol. The number of rotatable bonds is 5. The zero-order chi connectivity index (χ0) is 13.0. The first kappa shape index (κ1) is 14.1. The molecule has 1 rings (SSSR count). The van der Waals surface area contributed by atoms with Gasteiger partial charge in [0.25, 0.3) is 5.91 Å². The Balaban J connectivity index is 3.06. The summed E-state index contributed by atoms with van der Waals surface area (Å²) in [5, 5.41) is -0.0752. The lowest BCUT2D eigenvalue weighted by atomic mass is 10.3. The summed E-state index contributed by atoms with van der Waals surface area (Å²) in [6.45, 7) is 1.75. The van der Waals surface area contributed by atoms with E-state index in [2.05, 4.69) is 9.97 Å². The van der Waals surface area contributed by atoms with Gasteiger partial charge in [0.2, 0.25) is 0 Å². The predicted octanol–water partition coefficient (Wildman–Crippen LogP) is 1.56. The highest BCUT2D eigenvalue weighted by Crippen LogP contribution is 2.24. The van der Waals surface area contributed by atoms with E-state index in [0.717, 1.165) is 0 Å². The maximum Gasteiger partial charge on any atom is 0.270 e. The predicted molar refractivity (Wildman–Crippen MR) is 61.9 cm³/mol. The van der Waals surface area contributed by atoms with E-state index < -0.39 is 12.0 Å². The van der Waals surface area contributed by atoms with Crippen molar-refractivity contribution in [2.24, 2.45) is 5.73 Å². The van der Waals surface area contributed by atoms with E-state index >= 15 is 0 Å². The molecule has 1 amide bonds. The van der Waals surface area contributed by atoms with Gasteiger partial charge in [-0.05, 0) is 6.92 Å². The van der Waals surface area contributed by atoms with Crippen LogP contribution < -0.4 is 5.73 Å². The largest absolute Gasteiger partial charge is 0.364 e. The van der Waals surface area contributed by atoms with E-state index in [1.165, 1.54) is 7.11 Å². The summed E-state index contributed by atoms with van der Waals surface area (Å²) in [7, 11) is 1.48. The SMILES string of the molecule is COCOC(C)c1nc(C(N)=O)c(Cl)nc1Cl. The molecule has 2 N–H and O–H groups in total. The number of ether oxygens (including phenoxy) is 2. The molecule has 0 spiro atoms. The van der Waals surface area contributed by atoms with Gasteiger partial charge in [-0.2, -0.15) is 0 Å². The van der Waals surface area contributed by atoms with Crippen LogP contribution in [0.5, 0.6) is 0 Å². The van der Waals surface area contributed by atoms with Crippen LogP contribution in [-0.2, 0) is 9.47 Å². The number of nitrogens with two attached hydrogens (primary N) is 1. The maximum absolute atomic E-state index is 11.0. The van der Waals surface area contributed by atoms with Crippen molar-refractivity contribution in [3.63, 3.8) is 0 Å². The molecule has 0 aliphatic heterocycles. The summed E-state index contributed by atoms with van der Waals surface area (Å²) in [5.74, 6) is -0.778. The molecule has 0 saturated carbocycles. The van der Waals surface area contributed by atoms with Crippen molar-refractivity contribution in [3.8, 4) is 0 Å². The van der Waals surface area contributed by atoms with Crippen LogP contribution in [-0.4, -0.2) is 29.8 Å². The molecule has 0 bridgehead atoms. The van der Waals surface area contributed by atoms with Gasteiger partial charge >= 0.3 is 0 Å². The van der Waals surface area contributed by atoms with Crippen molar-refractivity contribution >= 4 is 29.1 Å². The summed E-state index contributed by atoms with van der Waals surface area (Å²) in [5.41, 5.74) is 5.24. The van der Waals surface area contributed by atoms with Gasteiger partial charge in [0.15, 0.2) is 16.0 Å². The normalized spacial score (nSPS) is 12.5.